The lowest BCUT2D eigenvalue weighted by molar-refractivity contribution is -0.113. The second-order valence-electron chi connectivity index (χ2n) is 7.83. The van der Waals surface area contributed by atoms with Crippen molar-refractivity contribution in [1.82, 2.24) is 14.8 Å². The number of nitrogens with one attached hydrogen (secondary N) is 1. The van der Waals surface area contributed by atoms with Gasteiger partial charge in [-0.05, 0) is 54.8 Å². The number of anilines is 1. The van der Waals surface area contributed by atoms with Gasteiger partial charge in [0.25, 0.3) is 0 Å². The van der Waals surface area contributed by atoms with Crippen LogP contribution in [0.2, 0.25) is 0 Å². The molecule has 0 atom stereocenters. The van der Waals surface area contributed by atoms with E-state index in [9.17, 15) is 4.79 Å². The number of hydrogen-bond acceptors (Lipinski definition) is 5. The molecule has 0 spiro atoms. The predicted molar refractivity (Wildman–Crippen MR) is 138 cm³/mol. The molecule has 0 aliphatic rings. The summed E-state index contributed by atoms with van der Waals surface area (Å²) >= 11 is 1.51. The van der Waals surface area contributed by atoms with E-state index < -0.39 is 0 Å². The van der Waals surface area contributed by atoms with Crippen LogP contribution < -0.4 is 10.1 Å². The van der Waals surface area contributed by atoms with Gasteiger partial charge >= 0.3 is 6.01 Å². The minimum Gasteiger partial charge on any atom is -0.466 e. The van der Waals surface area contributed by atoms with Gasteiger partial charge in [0.2, 0.25) is 5.91 Å². The molecule has 0 saturated carbocycles. The number of carbonyl (C=O) groups excluding carboxylic acids is 1. The minimum absolute atomic E-state index is 0.0483. The average molecular weight is 473 g/mol. The Balaban J connectivity index is 1.46. The molecule has 1 aromatic heterocycles. The molecule has 0 fully saturated rings. The number of amides is 1. The van der Waals surface area contributed by atoms with Crippen LogP contribution in [0, 0.1) is 0 Å². The summed E-state index contributed by atoms with van der Waals surface area (Å²) in [6.07, 6.45) is 3.43. The molecular weight excluding hydrogens is 444 g/mol. The summed E-state index contributed by atoms with van der Waals surface area (Å²) in [7, 11) is 1.56. The van der Waals surface area contributed by atoms with Gasteiger partial charge in [-0.1, -0.05) is 55.8 Å². The van der Waals surface area contributed by atoms with Crippen LogP contribution >= 0.6 is 11.8 Å². The first-order valence-corrected chi connectivity index (χ1v) is 12.3. The monoisotopic (exact) mass is 472 g/mol. The number of carbonyl (C=O) groups is 1. The van der Waals surface area contributed by atoms with Crippen molar-refractivity contribution in [2.75, 3.05) is 18.2 Å². The molecule has 0 bridgehead atoms. The van der Waals surface area contributed by atoms with Gasteiger partial charge in [0.15, 0.2) is 5.82 Å². The molecule has 0 radical (unpaired) electrons. The molecule has 0 unspecified atom stereocenters. The number of nitrogens with zero attached hydrogens (tertiary/aromatic N) is 3. The average Bonchev–Trinajstić information content (AvgIpc) is 3.32. The Labute approximate surface area is 204 Å². The topological polar surface area (TPSA) is 69.0 Å². The van der Waals surface area contributed by atoms with Crippen LogP contribution in [-0.2, 0) is 11.2 Å². The van der Waals surface area contributed by atoms with E-state index in [4.69, 9.17) is 4.74 Å². The number of aromatic nitrogens is 3. The van der Waals surface area contributed by atoms with Crippen molar-refractivity contribution in [2.24, 2.45) is 0 Å². The molecule has 0 aliphatic heterocycles. The Morgan fingerprint density at radius 1 is 1.00 bits per heavy atom. The molecule has 6 nitrogen and oxygen atoms in total. The number of aryl methyl sites for hydroxylation is 1. The lowest BCUT2D eigenvalue weighted by atomic mass is 10.1. The Morgan fingerprint density at radius 2 is 1.74 bits per heavy atom. The standard InChI is InChI=1S/C27H28N4O2S/c1-3-4-8-20-11-13-21(14-12-20)26-29-27(33-2)30-31(26)23-17-15-22(16-18-23)28-25(32)19-34-24-9-6-5-7-10-24/h5-7,9-18H,3-4,8,19H2,1-2H3,(H,28,32). The molecule has 1 heterocycles. The molecule has 174 valence electrons. The second-order valence-corrected chi connectivity index (χ2v) is 8.88. The summed E-state index contributed by atoms with van der Waals surface area (Å²) in [6.45, 7) is 2.20. The molecule has 34 heavy (non-hydrogen) atoms. The molecule has 0 aliphatic carbocycles. The third kappa shape index (κ3) is 6.05. The Kier molecular flexibility index (Phi) is 7.99. The van der Waals surface area contributed by atoms with Crippen LogP contribution in [0.25, 0.3) is 17.1 Å². The molecule has 3 aromatic carbocycles. The minimum atomic E-state index is -0.0483. The lowest BCUT2D eigenvalue weighted by Gasteiger charge is -2.09. The van der Waals surface area contributed by atoms with Crippen molar-refractivity contribution < 1.29 is 9.53 Å². The molecular formula is C27H28N4O2S. The third-order valence-electron chi connectivity index (χ3n) is 5.31. The summed E-state index contributed by atoms with van der Waals surface area (Å²) in [5.41, 5.74) is 3.84. The maximum atomic E-state index is 12.3. The number of unbranched alkanes of at least 4 members (excludes halogenated alkanes) is 1. The highest BCUT2D eigenvalue weighted by Crippen LogP contribution is 2.25. The van der Waals surface area contributed by atoms with Crippen molar-refractivity contribution in [1.29, 1.82) is 0 Å². The van der Waals surface area contributed by atoms with Gasteiger partial charge in [-0.15, -0.1) is 16.9 Å². The van der Waals surface area contributed by atoms with Gasteiger partial charge in [-0.3, -0.25) is 4.79 Å². The maximum absolute atomic E-state index is 12.3. The zero-order chi connectivity index (χ0) is 23.8. The highest BCUT2D eigenvalue weighted by atomic mass is 32.2. The van der Waals surface area contributed by atoms with E-state index in [1.54, 1.807) is 11.8 Å². The number of benzene rings is 3. The summed E-state index contributed by atoms with van der Waals surface area (Å²) in [5, 5.41) is 7.44. The van der Waals surface area contributed by atoms with Gasteiger partial charge in [-0.2, -0.15) is 4.98 Å². The van der Waals surface area contributed by atoms with Crippen LogP contribution in [0.3, 0.4) is 0 Å². The maximum Gasteiger partial charge on any atom is 0.336 e. The number of methoxy groups -OCH3 is 1. The van der Waals surface area contributed by atoms with Gasteiger partial charge in [0.05, 0.1) is 18.6 Å². The second kappa shape index (κ2) is 11.5. The van der Waals surface area contributed by atoms with Crippen LogP contribution in [0.4, 0.5) is 5.69 Å². The summed E-state index contributed by atoms with van der Waals surface area (Å²) < 4.78 is 7.05. The fraction of sp³-hybridized carbons (Fsp3) is 0.222. The Bertz CT molecular complexity index is 1210. The molecule has 7 heteroatoms. The van der Waals surface area contributed by atoms with Gasteiger partial charge in [0.1, 0.15) is 0 Å². The predicted octanol–water partition coefficient (Wildman–Crippen LogP) is 6.02. The normalized spacial score (nSPS) is 10.8. The van der Waals surface area contributed by atoms with E-state index in [1.165, 1.54) is 30.2 Å². The number of rotatable bonds is 10. The highest BCUT2D eigenvalue weighted by molar-refractivity contribution is 8.00. The third-order valence-corrected chi connectivity index (χ3v) is 6.32. The van der Waals surface area contributed by atoms with E-state index in [-0.39, 0.29) is 5.91 Å². The van der Waals surface area contributed by atoms with E-state index in [0.29, 0.717) is 17.6 Å². The zero-order valence-corrected chi connectivity index (χ0v) is 20.2. The highest BCUT2D eigenvalue weighted by Gasteiger charge is 2.14. The van der Waals surface area contributed by atoms with Crippen LogP contribution in [0.15, 0.2) is 83.8 Å². The van der Waals surface area contributed by atoms with E-state index in [0.717, 1.165) is 28.3 Å². The van der Waals surface area contributed by atoms with Gasteiger partial charge < -0.3 is 10.1 Å². The fourth-order valence-corrected chi connectivity index (χ4v) is 4.22. The zero-order valence-electron chi connectivity index (χ0n) is 19.4. The number of ether oxygens (including phenoxy) is 1. The van der Waals surface area contributed by atoms with E-state index >= 15 is 0 Å². The number of thioether (sulfide) groups is 1. The molecule has 4 aromatic rings. The van der Waals surface area contributed by atoms with E-state index in [2.05, 4.69) is 46.6 Å². The van der Waals surface area contributed by atoms with E-state index in [1.807, 2.05) is 54.6 Å². The van der Waals surface area contributed by atoms with Crippen LogP contribution in [0.5, 0.6) is 6.01 Å². The molecule has 1 N–H and O–H groups in total. The Morgan fingerprint density at radius 3 is 2.41 bits per heavy atom. The van der Waals surface area contributed by atoms with Crippen LogP contribution in [0.1, 0.15) is 25.3 Å². The SMILES string of the molecule is CCCCc1ccc(-c2nc(OC)nn2-c2ccc(NC(=O)CSc3ccccc3)cc2)cc1. The first-order chi connectivity index (χ1) is 16.7. The van der Waals surface area contributed by atoms with Crippen LogP contribution in [-0.4, -0.2) is 33.5 Å². The van der Waals surface area contributed by atoms with Gasteiger partial charge in [0, 0.05) is 16.1 Å². The van der Waals surface area contributed by atoms with Crippen molar-refractivity contribution in [3.8, 4) is 23.1 Å². The lowest BCUT2D eigenvalue weighted by Crippen LogP contribution is -2.14. The first-order valence-electron chi connectivity index (χ1n) is 11.3. The van der Waals surface area contributed by atoms with Crippen molar-refractivity contribution >= 4 is 23.4 Å². The Hall–Kier alpha value is -3.58. The summed E-state index contributed by atoms with van der Waals surface area (Å²) in [5.74, 6) is 1.01. The quantitative estimate of drug-likeness (QED) is 0.286. The van der Waals surface area contributed by atoms with Gasteiger partial charge in [-0.25, -0.2) is 4.68 Å². The summed E-state index contributed by atoms with van der Waals surface area (Å²) in [6, 6.07) is 26.2. The van der Waals surface area contributed by atoms with Crippen molar-refractivity contribution in [2.45, 2.75) is 31.1 Å². The smallest absolute Gasteiger partial charge is 0.336 e. The largest absolute Gasteiger partial charge is 0.466 e. The molecule has 0 saturated heterocycles. The van der Waals surface area contributed by atoms with Crippen molar-refractivity contribution in [3.63, 3.8) is 0 Å². The number of hydrogen-bond donors (Lipinski definition) is 1. The molecule has 4 rings (SSSR count). The summed E-state index contributed by atoms with van der Waals surface area (Å²) in [4.78, 5) is 18.0. The first kappa shape index (κ1) is 23.6. The molecule has 1 amide bonds. The fourth-order valence-electron chi connectivity index (χ4n) is 3.50. The van der Waals surface area contributed by atoms with Crippen molar-refractivity contribution in [3.05, 3.63) is 84.4 Å².